The molecule has 3 heterocycles. The molecule has 0 amide bonds. The van der Waals surface area contributed by atoms with Crippen LogP contribution in [0.3, 0.4) is 0 Å². The quantitative estimate of drug-likeness (QED) is 0.548. The Morgan fingerprint density at radius 3 is 2.42 bits per heavy atom. The van der Waals surface area contributed by atoms with Crippen LogP contribution in [0.2, 0.25) is 13.1 Å². The molecular weight excluding hydrogens is 435 g/mol. The highest BCUT2D eigenvalue weighted by Gasteiger charge is 2.26. The predicted molar refractivity (Wildman–Crippen MR) is 133 cm³/mol. The van der Waals surface area contributed by atoms with Crippen molar-refractivity contribution in [3.05, 3.63) is 59.3 Å². The number of nitrogens with zero attached hydrogens (tertiary/aromatic N) is 4. The Balaban J connectivity index is 1.36. The van der Waals surface area contributed by atoms with E-state index in [-0.39, 0.29) is 12.4 Å². The molecule has 0 unspecified atom stereocenters. The van der Waals surface area contributed by atoms with E-state index in [1.54, 1.807) is 0 Å². The van der Waals surface area contributed by atoms with Gasteiger partial charge in [0.1, 0.15) is 0 Å². The van der Waals surface area contributed by atoms with Gasteiger partial charge in [0, 0.05) is 44.1 Å². The van der Waals surface area contributed by atoms with Crippen molar-refractivity contribution in [3.8, 4) is 0 Å². The maximum Gasteiger partial charge on any atom is 0.225 e. The summed E-state index contributed by atoms with van der Waals surface area (Å²) in [4.78, 5) is 13.5. The van der Waals surface area contributed by atoms with Crippen molar-refractivity contribution in [2.75, 3.05) is 49.2 Å². The number of morpholine rings is 1. The zero-order valence-electron chi connectivity index (χ0n) is 20.0. The van der Waals surface area contributed by atoms with Crippen molar-refractivity contribution in [1.82, 2.24) is 9.97 Å². The number of benzene rings is 1. The maximum atomic E-state index is 15.3. The van der Waals surface area contributed by atoms with Crippen LogP contribution in [0.15, 0.2) is 42.4 Å². The van der Waals surface area contributed by atoms with Gasteiger partial charge in [-0.1, -0.05) is 17.3 Å². The number of anilines is 2. The molecule has 0 radical (unpaired) electrons. The van der Waals surface area contributed by atoms with E-state index in [4.69, 9.17) is 9.16 Å². The van der Waals surface area contributed by atoms with Gasteiger partial charge in [-0.15, -0.1) is 6.58 Å². The summed E-state index contributed by atoms with van der Waals surface area (Å²) in [6, 6.07) is 5.62. The van der Waals surface area contributed by atoms with Crippen LogP contribution in [-0.2, 0) is 15.8 Å². The number of hydrogen-bond donors (Lipinski definition) is 0. The lowest BCUT2D eigenvalue weighted by Crippen LogP contribution is -2.37. The van der Waals surface area contributed by atoms with E-state index in [0.717, 1.165) is 63.4 Å². The summed E-state index contributed by atoms with van der Waals surface area (Å²) in [5.74, 6) is 1.01. The van der Waals surface area contributed by atoms with Crippen LogP contribution < -0.4 is 9.80 Å². The lowest BCUT2D eigenvalue weighted by Gasteiger charge is -2.34. The van der Waals surface area contributed by atoms with Crippen LogP contribution in [0.1, 0.15) is 36.8 Å². The molecule has 2 aromatic rings. The number of rotatable bonds is 7. The van der Waals surface area contributed by atoms with E-state index in [9.17, 15) is 0 Å². The Kier molecular flexibility index (Phi) is 7.46. The molecule has 2 aliphatic rings. The van der Waals surface area contributed by atoms with Crippen LogP contribution >= 0.6 is 0 Å². The second-order valence-electron chi connectivity index (χ2n) is 9.51. The van der Waals surface area contributed by atoms with Gasteiger partial charge in [0.2, 0.25) is 14.3 Å². The molecule has 6 nitrogen and oxygen atoms in total. The predicted octanol–water partition coefficient (Wildman–Crippen LogP) is 4.67. The number of halogens is 1. The summed E-state index contributed by atoms with van der Waals surface area (Å²) in [6.07, 6.45) is 5.83. The van der Waals surface area contributed by atoms with Gasteiger partial charge in [0.25, 0.3) is 0 Å². The van der Waals surface area contributed by atoms with E-state index in [2.05, 4.69) is 39.4 Å². The highest BCUT2D eigenvalue weighted by molar-refractivity contribution is 6.78. The highest BCUT2D eigenvalue weighted by atomic mass is 28.4. The van der Waals surface area contributed by atoms with Gasteiger partial charge in [-0.05, 0) is 50.4 Å². The Morgan fingerprint density at radius 1 is 1.12 bits per heavy atom. The van der Waals surface area contributed by atoms with Crippen LogP contribution in [-0.4, -0.2) is 57.7 Å². The molecule has 4 rings (SSSR count). The smallest absolute Gasteiger partial charge is 0.225 e. The second-order valence-corrected chi connectivity index (χ2v) is 13.7. The van der Waals surface area contributed by atoms with Gasteiger partial charge in [0.05, 0.1) is 25.5 Å². The van der Waals surface area contributed by atoms with E-state index >= 15 is 4.39 Å². The largest absolute Gasteiger partial charge is 0.409 e. The number of ether oxygens (including phenoxy) is 1. The third-order valence-corrected chi connectivity index (χ3v) is 9.86. The van der Waals surface area contributed by atoms with Crippen molar-refractivity contribution >= 4 is 20.0 Å². The molecule has 0 spiro atoms. The first-order valence-corrected chi connectivity index (χ1v) is 14.7. The first-order chi connectivity index (χ1) is 15.8. The minimum Gasteiger partial charge on any atom is -0.409 e. The lowest BCUT2D eigenvalue weighted by molar-refractivity contribution is 0.122. The molecule has 2 aliphatic heterocycles. The van der Waals surface area contributed by atoms with E-state index in [0.29, 0.717) is 17.2 Å². The van der Waals surface area contributed by atoms with Crippen molar-refractivity contribution in [2.24, 2.45) is 0 Å². The Bertz CT molecular complexity index is 955. The summed E-state index contributed by atoms with van der Waals surface area (Å²) < 4.78 is 26.8. The SMILES string of the molecule is C=C(C)[Si](C)(C)OCc1cccc(N2CCC(c3cnc(N4CCOCC4)nc3)CC2)c1F. The summed E-state index contributed by atoms with van der Waals surface area (Å²) in [5, 5.41) is 1.06. The number of allylic oxidation sites excluding steroid dienone is 1. The highest BCUT2D eigenvalue weighted by Crippen LogP contribution is 2.32. The summed E-state index contributed by atoms with van der Waals surface area (Å²) in [5.41, 5.74) is 2.45. The number of hydrogen-bond acceptors (Lipinski definition) is 6. The van der Waals surface area contributed by atoms with Crippen LogP contribution in [0.4, 0.5) is 16.0 Å². The van der Waals surface area contributed by atoms with Crippen LogP contribution in [0, 0.1) is 5.82 Å². The molecule has 0 saturated carbocycles. The first kappa shape index (κ1) is 23.9. The molecule has 0 aliphatic carbocycles. The van der Waals surface area contributed by atoms with Gasteiger partial charge < -0.3 is 19.0 Å². The lowest BCUT2D eigenvalue weighted by atomic mass is 9.91. The molecule has 2 saturated heterocycles. The Labute approximate surface area is 197 Å². The molecule has 0 bridgehead atoms. The summed E-state index contributed by atoms with van der Waals surface area (Å²) in [6.45, 7) is 15.2. The molecule has 33 heavy (non-hydrogen) atoms. The third kappa shape index (κ3) is 5.62. The third-order valence-electron chi connectivity index (χ3n) is 6.93. The Morgan fingerprint density at radius 2 is 1.79 bits per heavy atom. The molecule has 0 N–H and O–H groups in total. The van der Waals surface area contributed by atoms with Crippen molar-refractivity contribution in [1.29, 1.82) is 0 Å². The minimum atomic E-state index is -2.00. The Hall–Kier alpha value is -2.29. The molecule has 1 aromatic carbocycles. The van der Waals surface area contributed by atoms with Crippen molar-refractivity contribution in [2.45, 2.75) is 45.4 Å². The maximum absolute atomic E-state index is 15.3. The molecular formula is C25H35FN4O2Si. The normalized spacial score (nSPS) is 17.9. The van der Waals surface area contributed by atoms with Crippen LogP contribution in [0.25, 0.3) is 0 Å². The second kappa shape index (κ2) is 10.3. The van der Waals surface area contributed by atoms with Gasteiger partial charge in [-0.3, -0.25) is 0 Å². The topological polar surface area (TPSA) is 50.7 Å². The van der Waals surface area contributed by atoms with Gasteiger partial charge in [-0.2, -0.15) is 0 Å². The van der Waals surface area contributed by atoms with E-state index < -0.39 is 8.32 Å². The molecule has 0 atom stereocenters. The van der Waals surface area contributed by atoms with Crippen LogP contribution in [0.5, 0.6) is 0 Å². The molecule has 178 valence electrons. The fraction of sp³-hybridized carbons (Fsp3) is 0.520. The molecule has 1 aromatic heterocycles. The average Bonchev–Trinajstić information content (AvgIpc) is 2.84. The standard InChI is InChI=1S/C25H35FN4O2Si/c1-19(2)33(3,4)32-18-21-6-5-7-23(24(21)26)29-10-8-20(9-11-29)22-16-27-25(28-17-22)30-12-14-31-15-13-30/h5-7,16-17,20H,1,8-15,18H2,2-4H3. The van der Waals surface area contributed by atoms with Gasteiger partial charge in [0.15, 0.2) is 5.82 Å². The average molecular weight is 471 g/mol. The minimum absolute atomic E-state index is 0.166. The van der Waals surface area contributed by atoms with Crippen molar-refractivity contribution < 1.29 is 13.6 Å². The zero-order chi connectivity index (χ0) is 23.4. The summed E-state index contributed by atoms with van der Waals surface area (Å²) in [7, 11) is -2.00. The fourth-order valence-electron chi connectivity index (χ4n) is 4.23. The molecule has 2 fully saturated rings. The number of aromatic nitrogens is 2. The monoisotopic (exact) mass is 470 g/mol. The zero-order valence-corrected chi connectivity index (χ0v) is 21.0. The summed E-state index contributed by atoms with van der Waals surface area (Å²) >= 11 is 0. The van der Waals surface area contributed by atoms with Crippen molar-refractivity contribution in [3.63, 3.8) is 0 Å². The number of piperidine rings is 1. The molecule has 8 heteroatoms. The van der Waals surface area contributed by atoms with E-state index in [1.165, 1.54) is 5.56 Å². The van der Waals surface area contributed by atoms with E-state index in [1.807, 2.05) is 37.5 Å². The first-order valence-electron chi connectivity index (χ1n) is 11.8. The fourth-order valence-corrected chi connectivity index (χ4v) is 4.99. The van der Waals surface area contributed by atoms with Gasteiger partial charge in [-0.25, -0.2) is 14.4 Å². The van der Waals surface area contributed by atoms with Gasteiger partial charge >= 0.3 is 0 Å².